The van der Waals surface area contributed by atoms with Crippen molar-refractivity contribution in [2.45, 2.75) is 13.5 Å². The van der Waals surface area contributed by atoms with Crippen molar-refractivity contribution in [1.29, 1.82) is 0 Å². The Morgan fingerprint density at radius 3 is 2.41 bits per heavy atom. The molecule has 0 spiro atoms. The Morgan fingerprint density at radius 2 is 1.81 bits per heavy atom. The summed E-state index contributed by atoms with van der Waals surface area (Å²) in [6.45, 7) is 2.16. The minimum atomic E-state index is -0.526. The number of non-ortho nitro benzene ring substituents is 1. The van der Waals surface area contributed by atoms with Gasteiger partial charge in [-0.2, -0.15) is 5.10 Å². The monoisotopic (exact) mass is 367 g/mol. The van der Waals surface area contributed by atoms with Gasteiger partial charge in [-0.1, -0.05) is 17.7 Å². The molecule has 138 valence electrons. The van der Waals surface area contributed by atoms with Gasteiger partial charge in [0.05, 0.1) is 28.5 Å². The molecule has 0 N–H and O–H groups in total. The Hall–Kier alpha value is -3.52. The molecular formula is C19H17N3O5. The van der Waals surface area contributed by atoms with E-state index in [1.807, 2.05) is 19.1 Å². The molecule has 0 bridgehead atoms. The molecule has 0 aliphatic carbocycles. The normalized spacial score (nSPS) is 10.6. The zero-order valence-corrected chi connectivity index (χ0v) is 14.8. The number of nitrogens with zero attached hydrogens (tertiary/aromatic N) is 3. The lowest BCUT2D eigenvalue weighted by molar-refractivity contribution is -0.384. The molecule has 0 aliphatic rings. The fraction of sp³-hybridized carbons (Fsp3) is 0.158. The minimum absolute atomic E-state index is 0.0405. The van der Waals surface area contributed by atoms with Crippen LogP contribution >= 0.6 is 0 Å². The van der Waals surface area contributed by atoms with E-state index in [4.69, 9.17) is 9.47 Å². The van der Waals surface area contributed by atoms with Gasteiger partial charge in [0, 0.05) is 25.3 Å². The summed E-state index contributed by atoms with van der Waals surface area (Å²) in [5, 5.41) is 15.2. The van der Waals surface area contributed by atoms with E-state index in [0.717, 1.165) is 5.56 Å². The lowest BCUT2D eigenvalue weighted by atomic mass is 10.1. The number of rotatable bonds is 6. The van der Waals surface area contributed by atoms with Crippen molar-refractivity contribution in [1.82, 2.24) is 9.78 Å². The number of carbonyl (C=O) groups excluding carboxylic acids is 1. The zero-order chi connectivity index (χ0) is 19.4. The topological polar surface area (TPSA) is 96.5 Å². The Balaban J connectivity index is 1.92. The molecule has 1 heterocycles. The van der Waals surface area contributed by atoms with Crippen LogP contribution in [0.25, 0.3) is 5.69 Å². The number of nitro benzene ring substituents is 1. The number of aryl methyl sites for hydroxylation is 1. The Morgan fingerprint density at radius 1 is 1.15 bits per heavy atom. The van der Waals surface area contributed by atoms with Crippen LogP contribution in [0.5, 0.6) is 5.88 Å². The number of nitro groups is 1. The van der Waals surface area contributed by atoms with Crippen molar-refractivity contribution in [2.75, 3.05) is 7.11 Å². The second-order valence-electron chi connectivity index (χ2n) is 5.85. The molecule has 3 rings (SSSR count). The summed E-state index contributed by atoms with van der Waals surface area (Å²) in [6, 6.07) is 14.4. The Bertz CT molecular complexity index is 962. The summed E-state index contributed by atoms with van der Waals surface area (Å²) in [7, 11) is 1.53. The highest BCUT2D eigenvalue weighted by Crippen LogP contribution is 2.23. The van der Waals surface area contributed by atoms with Gasteiger partial charge in [0.1, 0.15) is 0 Å². The van der Waals surface area contributed by atoms with Gasteiger partial charge in [0.25, 0.3) is 5.69 Å². The second-order valence-corrected chi connectivity index (χ2v) is 5.85. The molecule has 1 aromatic heterocycles. The summed E-state index contributed by atoms with van der Waals surface area (Å²) in [6.07, 6.45) is 0. The van der Waals surface area contributed by atoms with Crippen LogP contribution in [0.3, 0.4) is 0 Å². The van der Waals surface area contributed by atoms with E-state index < -0.39 is 10.9 Å². The van der Waals surface area contributed by atoms with Crippen molar-refractivity contribution < 1.29 is 19.2 Å². The van der Waals surface area contributed by atoms with Crippen molar-refractivity contribution >= 4 is 11.7 Å². The smallest absolute Gasteiger partial charge is 0.344 e. The van der Waals surface area contributed by atoms with E-state index in [9.17, 15) is 14.9 Å². The minimum Gasteiger partial charge on any atom is -0.404 e. The van der Waals surface area contributed by atoms with Crippen LogP contribution in [0.1, 0.15) is 21.6 Å². The summed E-state index contributed by atoms with van der Waals surface area (Å²) in [5.41, 5.74) is 2.48. The van der Waals surface area contributed by atoms with E-state index in [1.54, 1.807) is 18.2 Å². The fourth-order valence-electron chi connectivity index (χ4n) is 2.45. The van der Waals surface area contributed by atoms with Gasteiger partial charge in [-0.05, 0) is 31.2 Å². The van der Waals surface area contributed by atoms with Gasteiger partial charge >= 0.3 is 5.97 Å². The van der Waals surface area contributed by atoms with Crippen molar-refractivity contribution in [2.24, 2.45) is 0 Å². The predicted molar refractivity (Wildman–Crippen MR) is 97.1 cm³/mol. The van der Waals surface area contributed by atoms with Gasteiger partial charge < -0.3 is 9.47 Å². The third-order valence-electron chi connectivity index (χ3n) is 3.81. The Labute approximate surface area is 155 Å². The summed E-state index contributed by atoms with van der Waals surface area (Å²) in [4.78, 5) is 22.8. The van der Waals surface area contributed by atoms with Gasteiger partial charge in [-0.3, -0.25) is 10.1 Å². The molecule has 0 unspecified atom stereocenters. The van der Waals surface area contributed by atoms with E-state index in [1.165, 1.54) is 36.1 Å². The van der Waals surface area contributed by atoms with Gasteiger partial charge in [0.2, 0.25) is 5.88 Å². The van der Waals surface area contributed by atoms with Gasteiger partial charge in [-0.15, -0.1) is 0 Å². The molecule has 0 saturated heterocycles. The molecule has 27 heavy (non-hydrogen) atoms. The quantitative estimate of drug-likeness (QED) is 0.376. The average Bonchev–Trinajstić information content (AvgIpc) is 3.05. The number of hydrogen-bond donors (Lipinski definition) is 0. The number of esters is 1. The lowest BCUT2D eigenvalue weighted by Gasteiger charge is -2.08. The molecule has 0 saturated carbocycles. The number of methoxy groups -OCH3 is 1. The van der Waals surface area contributed by atoms with Crippen LogP contribution in [-0.2, 0) is 11.3 Å². The summed E-state index contributed by atoms with van der Waals surface area (Å²) in [5.74, 6) is -0.330. The summed E-state index contributed by atoms with van der Waals surface area (Å²) >= 11 is 0. The largest absolute Gasteiger partial charge is 0.404 e. The molecule has 0 fully saturated rings. The van der Waals surface area contributed by atoms with Crippen molar-refractivity contribution in [3.05, 3.63) is 81.5 Å². The Kier molecular flexibility index (Phi) is 5.28. The first kappa shape index (κ1) is 18.3. The third-order valence-corrected chi connectivity index (χ3v) is 3.81. The van der Waals surface area contributed by atoms with Gasteiger partial charge in [-0.25, -0.2) is 9.48 Å². The fourth-order valence-corrected chi connectivity index (χ4v) is 2.45. The third kappa shape index (κ3) is 4.18. The zero-order valence-electron chi connectivity index (χ0n) is 14.8. The molecule has 2 aromatic carbocycles. The predicted octanol–water partition coefficient (Wildman–Crippen LogP) is 3.45. The molecule has 0 atom stereocenters. The first-order chi connectivity index (χ1) is 13.0. The van der Waals surface area contributed by atoms with E-state index in [2.05, 4.69) is 5.10 Å². The molecule has 8 nitrogen and oxygen atoms in total. The molecule has 3 aromatic rings. The van der Waals surface area contributed by atoms with E-state index in [-0.39, 0.29) is 18.2 Å². The van der Waals surface area contributed by atoms with Crippen LogP contribution in [0, 0.1) is 17.0 Å². The van der Waals surface area contributed by atoms with Crippen LogP contribution in [0.2, 0.25) is 0 Å². The number of benzene rings is 2. The van der Waals surface area contributed by atoms with Crippen molar-refractivity contribution in [3.63, 3.8) is 0 Å². The number of hydrogen-bond acceptors (Lipinski definition) is 6. The number of carbonyl (C=O) groups is 1. The van der Waals surface area contributed by atoms with Crippen LogP contribution in [0.4, 0.5) is 5.69 Å². The molecule has 0 aliphatic heterocycles. The first-order valence-corrected chi connectivity index (χ1v) is 8.09. The maximum absolute atomic E-state index is 12.4. The van der Waals surface area contributed by atoms with Crippen molar-refractivity contribution in [3.8, 4) is 11.6 Å². The number of aromatic nitrogens is 2. The molecule has 0 radical (unpaired) electrons. The van der Waals surface area contributed by atoms with Gasteiger partial charge in [0.15, 0.2) is 0 Å². The molecular weight excluding hydrogens is 350 g/mol. The highest BCUT2D eigenvalue weighted by molar-refractivity contribution is 5.91. The SMILES string of the molecule is COCc1cc(OC(=O)c2ccc(C)cc2)n(-c2ccc([N+](=O)[O-])cc2)n1. The second kappa shape index (κ2) is 7.79. The van der Waals surface area contributed by atoms with Crippen LogP contribution < -0.4 is 4.74 Å². The van der Waals surface area contributed by atoms with Crippen LogP contribution in [-0.4, -0.2) is 27.8 Å². The maximum Gasteiger partial charge on any atom is 0.344 e. The summed E-state index contributed by atoms with van der Waals surface area (Å²) < 4.78 is 12.0. The van der Waals surface area contributed by atoms with E-state index >= 15 is 0 Å². The maximum atomic E-state index is 12.4. The van der Waals surface area contributed by atoms with E-state index in [0.29, 0.717) is 16.9 Å². The number of ether oxygens (including phenoxy) is 2. The standard InChI is InChI=1S/C19H17N3O5/c1-13-3-5-14(6-4-13)19(23)27-18-11-15(12-26-2)20-21(18)16-7-9-17(10-8-16)22(24)25/h3-11H,12H2,1-2H3. The highest BCUT2D eigenvalue weighted by atomic mass is 16.6. The first-order valence-electron chi connectivity index (χ1n) is 8.09. The molecule has 8 heteroatoms. The lowest BCUT2D eigenvalue weighted by Crippen LogP contribution is -2.11. The van der Waals surface area contributed by atoms with Crippen LogP contribution in [0.15, 0.2) is 54.6 Å². The average molecular weight is 367 g/mol. The highest BCUT2D eigenvalue weighted by Gasteiger charge is 2.17. The molecule has 0 amide bonds.